The van der Waals surface area contributed by atoms with E-state index < -0.39 is 12.8 Å². The van der Waals surface area contributed by atoms with Gasteiger partial charge in [0.15, 0.2) is 12.6 Å². The number of nitrogens with zero attached hydrogens (tertiary/aromatic N) is 2. The number of nitrogens with one attached hydrogen (secondary N) is 2. The molecule has 1 fully saturated rings. The zero-order valence-electron chi connectivity index (χ0n) is 17.9. The van der Waals surface area contributed by atoms with Gasteiger partial charge in [0.05, 0.1) is 0 Å². The zero-order chi connectivity index (χ0) is 23.0. The van der Waals surface area contributed by atoms with Crippen LogP contribution in [-0.4, -0.2) is 43.1 Å². The summed E-state index contributed by atoms with van der Waals surface area (Å²) in [5, 5.41) is 6.40. The number of ether oxygens (including phenoxy) is 1. The first-order chi connectivity index (χ1) is 15.3. The molecular formula is C23H27F3N4O2. The second kappa shape index (κ2) is 10.9. The molecule has 6 nitrogen and oxygen atoms in total. The number of hydrogen-bond acceptors (Lipinski definition) is 3. The van der Waals surface area contributed by atoms with Crippen molar-refractivity contribution in [2.75, 3.05) is 20.2 Å². The molecule has 0 saturated carbocycles. The molecule has 0 unspecified atom stereocenters. The SMILES string of the molecule is CN=C(NCc1ccc(CN2CCCC2=O)cc1)NCc1ccc(OCC(F)(F)F)cc1. The van der Waals surface area contributed by atoms with E-state index in [0.29, 0.717) is 32.0 Å². The summed E-state index contributed by atoms with van der Waals surface area (Å²) in [6, 6.07) is 14.5. The summed E-state index contributed by atoms with van der Waals surface area (Å²) in [5.74, 6) is 0.995. The first-order valence-electron chi connectivity index (χ1n) is 10.4. The van der Waals surface area contributed by atoms with E-state index in [-0.39, 0.29) is 11.7 Å². The molecule has 2 aromatic carbocycles. The van der Waals surface area contributed by atoms with E-state index in [1.807, 2.05) is 29.2 Å². The van der Waals surface area contributed by atoms with Crippen molar-refractivity contribution in [3.63, 3.8) is 0 Å². The Morgan fingerprint density at radius 3 is 2.06 bits per heavy atom. The molecule has 0 aromatic heterocycles. The molecule has 1 aliphatic heterocycles. The highest BCUT2D eigenvalue weighted by atomic mass is 19.4. The maximum Gasteiger partial charge on any atom is 0.422 e. The lowest BCUT2D eigenvalue weighted by Crippen LogP contribution is -2.36. The van der Waals surface area contributed by atoms with Gasteiger partial charge in [-0.15, -0.1) is 0 Å². The average molecular weight is 448 g/mol. The van der Waals surface area contributed by atoms with Gasteiger partial charge in [0.2, 0.25) is 5.91 Å². The number of hydrogen-bond donors (Lipinski definition) is 2. The van der Waals surface area contributed by atoms with E-state index in [9.17, 15) is 18.0 Å². The summed E-state index contributed by atoms with van der Waals surface area (Å²) in [6.07, 6.45) is -2.78. The van der Waals surface area contributed by atoms with Crippen LogP contribution < -0.4 is 15.4 Å². The van der Waals surface area contributed by atoms with Crippen LogP contribution in [0.4, 0.5) is 13.2 Å². The van der Waals surface area contributed by atoms with Crippen LogP contribution >= 0.6 is 0 Å². The van der Waals surface area contributed by atoms with Crippen LogP contribution in [0.25, 0.3) is 0 Å². The van der Waals surface area contributed by atoms with Crippen molar-refractivity contribution in [3.05, 3.63) is 65.2 Å². The zero-order valence-corrected chi connectivity index (χ0v) is 17.9. The quantitative estimate of drug-likeness (QED) is 0.478. The number of alkyl halides is 3. The van der Waals surface area contributed by atoms with Gasteiger partial charge in [0, 0.05) is 39.6 Å². The minimum Gasteiger partial charge on any atom is -0.484 e. The van der Waals surface area contributed by atoms with Crippen LogP contribution in [0.2, 0.25) is 0 Å². The Morgan fingerprint density at radius 1 is 1.00 bits per heavy atom. The number of rotatable bonds is 8. The fourth-order valence-electron chi connectivity index (χ4n) is 3.31. The van der Waals surface area contributed by atoms with Crippen LogP contribution in [0.5, 0.6) is 5.75 Å². The Labute approximate surface area is 185 Å². The standard InChI is InChI=1S/C23H27F3N4O2/c1-27-22(29-14-18-8-10-20(11-9-18)32-16-23(24,25)26)28-13-17-4-6-19(7-5-17)15-30-12-2-3-21(30)31/h4-11H,2-3,12-16H2,1H3,(H2,27,28,29). The molecule has 1 aliphatic rings. The summed E-state index contributed by atoms with van der Waals surface area (Å²) in [5.41, 5.74) is 3.07. The number of halogens is 3. The highest BCUT2D eigenvalue weighted by Crippen LogP contribution is 2.19. The molecule has 1 heterocycles. The van der Waals surface area contributed by atoms with Crippen LogP contribution in [0.3, 0.4) is 0 Å². The first-order valence-corrected chi connectivity index (χ1v) is 10.4. The third-order valence-electron chi connectivity index (χ3n) is 5.04. The van der Waals surface area contributed by atoms with Gasteiger partial charge in [-0.2, -0.15) is 13.2 Å². The van der Waals surface area contributed by atoms with E-state index >= 15 is 0 Å². The average Bonchev–Trinajstić information content (AvgIpc) is 3.18. The van der Waals surface area contributed by atoms with Gasteiger partial charge in [-0.3, -0.25) is 9.79 Å². The van der Waals surface area contributed by atoms with Gasteiger partial charge in [0.1, 0.15) is 5.75 Å². The Bertz CT molecular complexity index is 912. The van der Waals surface area contributed by atoms with Gasteiger partial charge in [-0.1, -0.05) is 36.4 Å². The van der Waals surface area contributed by atoms with Crippen LogP contribution in [-0.2, 0) is 24.4 Å². The van der Waals surface area contributed by atoms with Crippen LogP contribution in [0.15, 0.2) is 53.5 Å². The van der Waals surface area contributed by atoms with Gasteiger partial charge in [-0.25, -0.2) is 0 Å². The molecule has 2 aromatic rings. The third kappa shape index (κ3) is 7.47. The smallest absolute Gasteiger partial charge is 0.422 e. The number of aliphatic imine (C=N–C) groups is 1. The highest BCUT2D eigenvalue weighted by molar-refractivity contribution is 5.79. The molecule has 0 radical (unpaired) electrons. The molecule has 0 spiro atoms. The van der Waals surface area contributed by atoms with Crippen molar-refractivity contribution in [1.82, 2.24) is 15.5 Å². The minimum absolute atomic E-state index is 0.172. The number of carbonyl (C=O) groups is 1. The molecule has 32 heavy (non-hydrogen) atoms. The predicted molar refractivity (Wildman–Crippen MR) is 116 cm³/mol. The largest absolute Gasteiger partial charge is 0.484 e. The molecule has 0 atom stereocenters. The summed E-state index contributed by atoms with van der Waals surface area (Å²) in [7, 11) is 1.67. The van der Waals surface area contributed by atoms with Crippen molar-refractivity contribution in [2.45, 2.75) is 38.7 Å². The fourth-order valence-corrected chi connectivity index (χ4v) is 3.31. The number of benzene rings is 2. The van der Waals surface area contributed by atoms with Gasteiger partial charge < -0.3 is 20.3 Å². The summed E-state index contributed by atoms with van der Waals surface area (Å²) in [6.45, 7) is 1.20. The second-order valence-corrected chi connectivity index (χ2v) is 7.56. The fraction of sp³-hybridized carbons (Fsp3) is 0.391. The van der Waals surface area contributed by atoms with E-state index in [2.05, 4.69) is 15.6 Å². The predicted octanol–water partition coefficient (Wildman–Crippen LogP) is 3.62. The number of amides is 1. The summed E-state index contributed by atoms with van der Waals surface area (Å²) in [4.78, 5) is 17.8. The van der Waals surface area contributed by atoms with Crippen molar-refractivity contribution in [2.24, 2.45) is 4.99 Å². The number of guanidine groups is 1. The Morgan fingerprint density at radius 2 is 1.56 bits per heavy atom. The number of carbonyl (C=O) groups excluding carboxylic acids is 1. The van der Waals surface area contributed by atoms with Gasteiger partial charge >= 0.3 is 6.18 Å². The van der Waals surface area contributed by atoms with Crippen molar-refractivity contribution in [1.29, 1.82) is 0 Å². The molecule has 1 saturated heterocycles. The first kappa shape index (κ1) is 23.4. The molecule has 0 bridgehead atoms. The van der Waals surface area contributed by atoms with Crippen LogP contribution in [0, 0.1) is 0 Å². The van der Waals surface area contributed by atoms with E-state index in [1.165, 1.54) is 12.1 Å². The lowest BCUT2D eigenvalue weighted by Gasteiger charge is -2.16. The maximum atomic E-state index is 12.2. The molecule has 9 heteroatoms. The molecule has 1 amide bonds. The van der Waals surface area contributed by atoms with E-state index in [4.69, 9.17) is 4.74 Å². The Hall–Kier alpha value is -3.23. The molecule has 172 valence electrons. The van der Waals surface area contributed by atoms with Crippen molar-refractivity contribution in [3.8, 4) is 5.75 Å². The normalized spacial score (nSPS) is 14.6. The van der Waals surface area contributed by atoms with Gasteiger partial charge in [-0.05, 0) is 35.2 Å². The molecule has 2 N–H and O–H groups in total. The van der Waals surface area contributed by atoms with Crippen molar-refractivity contribution >= 4 is 11.9 Å². The second-order valence-electron chi connectivity index (χ2n) is 7.56. The summed E-state index contributed by atoms with van der Waals surface area (Å²) >= 11 is 0. The third-order valence-corrected chi connectivity index (χ3v) is 5.04. The molecular weight excluding hydrogens is 421 g/mol. The lowest BCUT2D eigenvalue weighted by molar-refractivity contribution is -0.153. The maximum absolute atomic E-state index is 12.2. The van der Waals surface area contributed by atoms with Crippen LogP contribution in [0.1, 0.15) is 29.5 Å². The monoisotopic (exact) mass is 448 g/mol. The number of likely N-dealkylation sites (tertiary alicyclic amines) is 1. The summed E-state index contributed by atoms with van der Waals surface area (Å²) < 4.78 is 41.3. The lowest BCUT2D eigenvalue weighted by atomic mass is 10.1. The minimum atomic E-state index is -4.36. The topological polar surface area (TPSA) is 66.0 Å². The van der Waals surface area contributed by atoms with Crippen molar-refractivity contribution < 1.29 is 22.7 Å². The molecule has 3 rings (SSSR count). The Balaban J connectivity index is 1.42. The Kier molecular flexibility index (Phi) is 7.97. The molecule has 0 aliphatic carbocycles. The highest BCUT2D eigenvalue weighted by Gasteiger charge is 2.28. The van der Waals surface area contributed by atoms with E-state index in [1.54, 1.807) is 19.2 Å². The van der Waals surface area contributed by atoms with E-state index in [0.717, 1.165) is 29.7 Å². The van der Waals surface area contributed by atoms with Gasteiger partial charge in [0.25, 0.3) is 0 Å².